The predicted octanol–water partition coefficient (Wildman–Crippen LogP) is 5.72. The van der Waals surface area contributed by atoms with Crippen molar-refractivity contribution in [3.8, 4) is 0 Å². The van der Waals surface area contributed by atoms with E-state index in [2.05, 4.69) is 10.6 Å². The first kappa shape index (κ1) is 33.2. The lowest BCUT2D eigenvalue weighted by Gasteiger charge is -2.29. The zero-order valence-corrected chi connectivity index (χ0v) is 27.2. The molecule has 238 valence electrons. The number of hydrogen-bond donors (Lipinski definition) is 2. The molecule has 0 bridgehead atoms. The predicted molar refractivity (Wildman–Crippen MR) is 177 cm³/mol. The van der Waals surface area contributed by atoms with E-state index in [1.54, 1.807) is 20.8 Å². The molecule has 2 N–H and O–H groups in total. The third-order valence-corrected chi connectivity index (χ3v) is 7.45. The Hall–Kier alpha value is -4.66. The van der Waals surface area contributed by atoms with Crippen LogP contribution in [0.2, 0.25) is 0 Å². The summed E-state index contributed by atoms with van der Waals surface area (Å²) < 4.78 is 5.46. The van der Waals surface area contributed by atoms with Gasteiger partial charge in [0.25, 0.3) is 5.91 Å². The highest BCUT2D eigenvalue weighted by atomic mass is 16.6. The van der Waals surface area contributed by atoms with Gasteiger partial charge in [-0.3, -0.25) is 14.4 Å². The summed E-state index contributed by atoms with van der Waals surface area (Å²) in [6.45, 7) is 12.6. The Bertz CT molecular complexity index is 1530. The molecular formula is C36H44N4O5. The van der Waals surface area contributed by atoms with E-state index in [9.17, 15) is 19.2 Å². The van der Waals surface area contributed by atoms with E-state index in [0.29, 0.717) is 5.69 Å². The molecule has 3 amide bonds. The normalized spacial score (nSPS) is 15.9. The van der Waals surface area contributed by atoms with Crippen LogP contribution >= 0.6 is 0 Å². The molecule has 2 atom stereocenters. The number of para-hydroxylation sites is 1. The van der Waals surface area contributed by atoms with E-state index in [-0.39, 0.29) is 25.3 Å². The van der Waals surface area contributed by atoms with Crippen molar-refractivity contribution in [1.29, 1.82) is 0 Å². The first-order chi connectivity index (χ1) is 21.1. The van der Waals surface area contributed by atoms with Crippen molar-refractivity contribution >= 4 is 40.8 Å². The van der Waals surface area contributed by atoms with Gasteiger partial charge < -0.3 is 25.2 Å². The molecule has 0 saturated heterocycles. The van der Waals surface area contributed by atoms with Crippen LogP contribution in [0.4, 0.5) is 21.9 Å². The lowest BCUT2D eigenvalue weighted by atomic mass is 9.90. The summed E-state index contributed by atoms with van der Waals surface area (Å²) in [4.78, 5) is 58.0. The second-order valence-electron chi connectivity index (χ2n) is 13.5. The zero-order valence-electron chi connectivity index (χ0n) is 27.2. The highest BCUT2D eigenvalue weighted by molar-refractivity contribution is 6.08. The van der Waals surface area contributed by atoms with Crippen molar-refractivity contribution in [2.75, 3.05) is 22.9 Å². The number of nitrogens with one attached hydrogen (secondary N) is 2. The van der Waals surface area contributed by atoms with Gasteiger partial charge in [0.05, 0.1) is 24.5 Å². The van der Waals surface area contributed by atoms with Gasteiger partial charge in [-0.2, -0.15) is 0 Å². The quantitative estimate of drug-likeness (QED) is 0.337. The molecular weight excluding hydrogens is 568 g/mol. The van der Waals surface area contributed by atoms with E-state index in [4.69, 9.17) is 4.74 Å². The SMILES string of the molecule is Cc1ccc2c(c1)N(CC(=O)C(C)(C)C)C(=O)C(NC(=O)C(Cc1ccccc1)NC(=O)OC(C)(C)C)CN2c1ccccc1. The molecule has 45 heavy (non-hydrogen) atoms. The number of ketones is 1. The van der Waals surface area contributed by atoms with Crippen LogP contribution in [0, 0.1) is 12.3 Å². The van der Waals surface area contributed by atoms with E-state index in [1.165, 1.54) is 4.90 Å². The molecule has 3 aromatic rings. The van der Waals surface area contributed by atoms with Crippen molar-refractivity contribution in [2.45, 2.75) is 72.6 Å². The summed E-state index contributed by atoms with van der Waals surface area (Å²) >= 11 is 0. The van der Waals surface area contributed by atoms with Crippen LogP contribution in [0.5, 0.6) is 0 Å². The van der Waals surface area contributed by atoms with Crippen LogP contribution in [0.3, 0.4) is 0 Å². The molecule has 9 heteroatoms. The molecule has 0 radical (unpaired) electrons. The molecule has 1 aliphatic heterocycles. The van der Waals surface area contributed by atoms with E-state index in [1.807, 2.05) is 111 Å². The number of anilines is 3. The number of alkyl carbamates (subject to hydrolysis) is 1. The fourth-order valence-corrected chi connectivity index (χ4v) is 5.03. The number of rotatable bonds is 8. The smallest absolute Gasteiger partial charge is 0.408 e. The van der Waals surface area contributed by atoms with Crippen molar-refractivity contribution in [3.63, 3.8) is 0 Å². The third-order valence-electron chi connectivity index (χ3n) is 7.45. The number of aryl methyl sites for hydroxylation is 1. The average molecular weight is 613 g/mol. The molecule has 3 aromatic carbocycles. The molecule has 1 heterocycles. The summed E-state index contributed by atoms with van der Waals surface area (Å²) in [5.41, 5.74) is 2.45. The van der Waals surface area contributed by atoms with Crippen LogP contribution < -0.4 is 20.4 Å². The molecule has 0 aromatic heterocycles. The van der Waals surface area contributed by atoms with Crippen molar-refractivity contribution in [2.24, 2.45) is 5.41 Å². The summed E-state index contributed by atoms with van der Waals surface area (Å²) in [6, 6.07) is 22.6. The summed E-state index contributed by atoms with van der Waals surface area (Å²) in [6.07, 6.45) is -0.558. The number of hydrogen-bond acceptors (Lipinski definition) is 6. The highest BCUT2D eigenvalue weighted by Gasteiger charge is 2.39. The molecule has 0 saturated carbocycles. The zero-order chi connectivity index (χ0) is 32.9. The number of fused-ring (bicyclic) bond motifs is 1. The Morgan fingerprint density at radius 3 is 2.11 bits per heavy atom. The molecule has 9 nitrogen and oxygen atoms in total. The second kappa shape index (κ2) is 13.5. The number of Topliss-reactive ketones (excluding diaryl/α,β-unsaturated/α-hetero) is 1. The first-order valence-corrected chi connectivity index (χ1v) is 15.2. The van der Waals surface area contributed by atoms with Crippen LogP contribution in [0.15, 0.2) is 78.9 Å². The lowest BCUT2D eigenvalue weighted by molar-refractivity contribution is -0.130. The average Bonchev–Trinajstić information content (AvgIpc) is 3.06. The fourth-order valence-electron chi connectivity index (χ4n) is 5.03. The molecule has 2 unspecified atom stereocenters. The lowest BCUT2D eigenvalue weighted by Crippen LogP contribution is -2.58. The maximum Gasteiger partial charge on any atom is 0.408 e. The number of carbonyl (C=O) groups excluding carboxylic acids is 4. The van der Waals surface area contributed by atoms with Gasteiger partial charge >= 0.3 is 6.09 Å². The largest absolute Gasteiger partial charge is 0.444 e. The van der Waals surface area contributed by atoms with Gasteiger partial charge in [0.2, 0.25) is 5.91 Å². The van der Waals surface area contributed by atoms with Crippen molar-refractivity contribution in [1.82, 2.24) is 10.6 Å². The monoisotopic (exact) mass is 612 g/mol. The number of benzene rings is 3. The number of ether oxygens (including phenoxy) is 1. The van der Waals surface area contributed by atoms with Gasteiger partial charge in [0.1, 0.15) is 17.7 Å². The van der Waals surface area contributed by atoms with E-state index in [0.717, 1.165) is 22.5 Å². The Morgan fingerprint density at radius 2 is 1.51 bits per heavy atom. The maximum atomic E-state index is 14.4. The minimum Gasteiger partial charge on any atom is -0.444 e. The second-order valence-corrected chi connectivity index (χ2v) is 13.5. The molecule has 0 aliphatic carbocycles. The third kappa shape index (κ3) is 8.71. The Kier molecular flexibility index (Phi) is 10.0. The van der Waals surface area contributed by atoms with Gasteiger partial charge in [-0.15, -0.1) is 0 Å². The summed E-state index contributed by atoms with van der Waals surface area (Å²) in [5, 5.41) is 5.64. The fraction of sp³-hybridized carbons (Fsp3) is 0.389. The van der Waals surface area contributed by atoms with Crippen molar-refractivity contribution in [3.05, 3.63) is 90.0 Å². The van der Waals surface area contributed by atoms with Crippen LogP contribution in [0.1, 0.15) is 52.7 Å². The van der Waals surface area contributed by atoms with Gasteiger partial charge in [0.15, 0.2) is 5.78 Å². The minimum absolute atomic E-state index is 0.106. The Balaban J connectivity index is 1.74. The van der Waals surface area contributed by atoms with Crippen LogP contribution in [-0.2, 0) is 25.5 Å². The summed E-state index contributed by atoms with van der Waals surface area (Å²) in [7, 11) is 0. The van der Waals surface area contributed by atoms with E-state index >= 15 is 0 Å². The molecule has 1 aliphatic rings. The Morgan fingerprint density at radius 1 is 0.889 bits per heavy atom. The first-order valence-electron chi connectivity index (χ1n) is 15.2. The minimum atomic E-state index is -1.04. The van der Waals surface area contributed by atoms with Crippen LogP contribution in [-0.4, -0.2) is 54.5 Å². The summed E-state index contributed by atoms with van der Waals surface area (Å²) in [5.74, 6) is -1.07. The molecule has 4 rings (SSSR count). The Labute approximate surface area is 265 Å². The van der Waals surface area contributed by atoms with Crippen molar-refractivity contribution < 1.29 is 23.9 Å². The van der Waals surface area contributed by atoms with Gasteiger partial charge in [0, 0.05) is 17.5 Å². The van der Waals surface area contributed by atoms with Gasteiger partial charge in [-0.05, 0) is 63.1 Å². The van der Waals surface area contributed by atoms with Crippen LogP contribution in [0.25, 0.3) is 0 Å². The maximum absolute atomic E-state index is 14.4. The molecule has 0 fully saturated rings. The molecule has 0 spiro atoms. The topological polar surface area (TPSA) is 108 Å². The number of nitrogens with zero attached hydrogens (tertiary/aromatic N) is 2. The van der Waals surface area contributed by atoms with E-state index < -0.39 is 41.0 Å². The highest BCUT2D eigenvalue weighted by Crippen LogP contribution is 2.38. The van der Waals surface area contributed by atoms with Gasteiger partial charge in [-0.25, -0.2) is 4.79 Å². The standard InChI is InChI=1S/C36H44N4O5/c1-24-18-19-29-30(20-24)40(23-31(41)35(2,3)4)33(43)28(22-39(29)26-16-12-9-13-17-26)37-32(42)27(21-25-14-10-8-11-15-25)38-34(44)45-36(5,6)7/h8-20,27-28H,21-23H2,1-7H3,(H,37,42)(H,38,44). The van der Waals surface area contributed by atoms with Gasteiger partial charge in [-0.1, -0.05) is 75.4 Å². The number of amides is 3. The number of carbonyl (C=O) groups is 4.